The van der Waals surface area contributed by atoms with Gasteiger partial charge < -0.3 is 10.1 Å². The largest absolute Gasteiger partial charge is 0.385 e. The zero-order valence-electron chi connectivity index (χ0n) is 17.0. The molecule has 160 valence electrons. The minimum atomic E-state index is -3.56. The lowest BCUT2D eigenvalue weighted by atomic mass is 10.1. The van der Waals surface area contributed by atoms with Gasteiger partial charge in [-0.25, -0.2) is 8.42 Å². The maximum absolute atomic E-state index is 13.0. The molecule has 1 saturated heterocycles. The summed E-state index contributed by atoms with van der Waals surface area (Å²) >= 11 is 0. The monoisotopic (exact) mass is 423 g/mol. The van der Waals surface area contributed by atoms with Crippen molar-refractivity contribution in [2.24, 2.45) is 0 Å². The molecule has 2 aliphatic heterocycles. The molecule has 0 aromatic heterocycles. The highest BCUT2D eigenvalue weighted by Gasteiger charge is 2.38. The Hall–Kier alpha value is -1.97. The van der Waals surface area contributed by atoms with Crippen molar-refractivity contribution in [3.05, 3.63) is 23.8 Å². The minimum absolute atomic E-state index is 0.225. The molecule has 1 unspecified atom stereocenters. The fraction of sp³-hybridized carbons (Fsp3) is 0.600. The van der Waals surface area contributed by atoms with Gasteiger partial charge in [0.1, 0.15) is 6.04 Å². The molecule has 2 heterocycles. The lowest BCUT2D eigenvalue weighted by molar-refractivity contribution is -0.125. The molecule has 2 aliphatic rings. The van der Waals surface area contributed by atoms with Gasteiger partial charge in [0.25, 0.3) is 0 Å². The van der Waals surface area contributed by atoms with E-state index in [1.165, 1.54) is 22.2 Å². The van der Waals surface area contributed by atoms with Crippen molar-refractivity contribution >= 4 is 27.5 Å². The number of hydrogen-bond acceptors (Lipinski definition) is 5. The van der Waals surface area contributed by atoms with Gasteiger partial charge in [-0.2, -0.15) is 4.31 Å². The molecule has 2 amide bonds. The third kappa shape index (κ3) is 4.62. The topological polar surface area (TPSA) is 96.0 Å². The van der Waals surface area contributed by atoms with Crippen molar-refractivity contribution in [3.8, 4) is 0 Å². The summed E-state index contributed by atoms with van der Waals surface area (Å²) in [5, 5.41) is 2.84. The summed E-state index contributed by atoms with van der Waals surface area (Å²) in [4.78, 5) is 26.6. The first kappa shape index (κ1) is 21.7. The molecule has 29 heavy (non-hydrogen) atoms. The van der Waals surface area contributed by atoms with Crippen LogP contribution in [0.4, 0.5) is 5.69 Å². The summed E-state index contributed by atoms with van der Waals surface area (Å²) in [6.45, 7) is 3.48. The van der Waals surface area contributed by atoms with Gasteiger partial charge >= 0.3 is 0 Å². The van der Waals surface area contributed by atoms with Gasteiger partial charge in [0.15, 0.2) is 0 Å². The maximum atomic E-state index is 13.0. The van der Waals surface area contributed by atoms with Crippen LogP contribution in [-0.4, -0.2) is 63.9 Å². The number of hydrogen-bond donors (Lipinski definition) is 1. The average Bonchev–Trinajstić information content (AvgIpc) is 3.11. The molecule has 1 atom stereocenters. The number of methoxy groups -OCH3 is 1. The van der Waals surface area contributed by atoms with Crippen LogP contribution < -0.4 is 10.2 Å². The number of fused-ring (bicyclic) bond motifs is 1. The van der Waals surface area contributed by atoms with Crippen LogP contribution in [0, 0.1) is 0 Å². The third-order valence-corrected chi connectivity index (χ3v) is 7.35. The smallest absolute Gasteiger partial charge is 0.243 e. The second kappa shape index (κ2) is 9.23. The van der Waals surface area contributed by atoms with Gasteiger partial charge in [-0.05, 0) is 43.0 Å². The van der Waals surface area contributed by atoms with Crippen LogP contribution in [0.3, 0.4) is 0 Å². The molecule has 1 aromatic rings. The fourth-order valence-electron chi connectivity index (χ4n) is 3.99. The first-order chi connectivity index (χ1) is 13.9. The molecule has 0 aliphatic carbocycles. The standard InChI is InChI=1S/C20H29N3O5S/c1-15(24)23-18-8-7-17(29(26,27)22-10-4-3-5-11-22)13-16(18)14-19(23)20(25)21-9-6-12-28-2/h7-8,13,19H,3-6,9-12,14H2,1-2H3,(H,21,25). The van der Waals surface area contributed by atoms with Gasteiger partial charge in [-0.3, -0.25) is 14.5 Å². The van der Waals surface area contributed by atoms with Crippen LogP contribution in [-0.2, 0) is 30.8 Å². The Morgan fingerprint density at radius 3 is 2.59 bits per heavy atom. The number of benzene rings is 1. The number of nitrogens with zero attached hydrogens (tertiary/aromatic N) is 2. The average molecular weight is 424 g/mol. The molecule has 0 spiro atoms. The van der Waals surface area contributed by atoms with Crippen LogP contribution >= 0.6 is 0 Å². The van der Waals surface area contributed by atoms with Crippen LogP contribution in [0.2, 0.25) is 0 Å². The highest BCUT2D eigenvalue weighted by Crippen LogP contribution is 2.35. The Labute approximate surface area is 172 Å². The highest BCUT2D eigenvalue weighted by molar-refractivity contribution is 7.89. The van der Waals surface area contributed by atoms with Crippen molar-refractivity contribution < 1.29 is 22.7 Å². The second-order valence-electron chi connectivity index (χ2n) is 7.50. The zero-order valence-corrected chi connectivity index (χ0v) is 17.8. The lowest BCUT2D eigenvalue weighted by Gasteiger charge is -2.26. The number of amides is 2. The summed E-state index contributed by atoms with van der Waals surface area (Å²) in [5.41, 5.74) is 1.31. The molecule has 1 N–H and O–H groups in total. The van der Waals surface area contributed by atoms with Crippen molar-refractivity contribution in [1.29, 1.82) is 0 Å². The van der Waals surface area contributed by atoms with E-state index in [0.29, 0.717) is 50.3 Å². The van der Waals surface area contributed by atoms with E-state index < -0.39 is 16.1 Å². The van der Waals surface area contributed by atoms with E-state index in [1.807, 2.05) is 0 Å². The first-order valence-electron chi connectivity index (χ1n) is 10.1. The van der Waals surface area contributed by atoms with E-state index in [1.54, 1.807) is 19.2 Å². The van der Waals surface area contributed by atoms with Crippen LogP contribution in [0.5, 0.6) is 0 Å². The number of carbonyl (C=O) groups excluding carboxylic acids is 2. The van der Waals surface area contributed by atoms with Crippen LogP contribution in [0.1, 0.15) is 38.2 Å². The maximum Gasteiger partial charge on any atom is 0.243 e. The van der Waals surface area contributed by atoms with Crippen LogP contribution in [0.15, 0.2) is 23.1 Å². The van der Waals surface area contributed by atoms with Crippen molar-refractivity contribution in [2.75, 3.05) is 38.3 Å². The SMILES string of the molecule is COCCCNC(=O)C1Cc2cc(S(=O)(=O)N3CCCCC3)ccc2N1C(C)=O. The predicted molar refractivity (Wildman–Crippen MR) is 109 cm³/mol. The molecular formula is C20H29N3O5S. The predicted octanol–water partition coefficient (Wildman–Crippen LogP) is 1.29. The van der Waals surface area contributed by atoms with Gasteiger partial charge in [-0.1, -0.05) is 6.42 Å². The van der Waals surface area contributed by atoms with Crippen molar-refractivity contribution in [2.45, 2.75) is 50.0 Å². The molecule has 8 nitrogen and oxygen atoms in total. The molecular weight excluding hydrogens is 394 g/mol. The Bertz CT molecular complexity index is 865. The van der Waals surface area contributed by atoms with E-state index in [-0.39, 0.29) is 16.7 Å². The van der Waals surface area contributed by atoms with E-state index >= 15 is 0 Å². The van der Waals surface area contributed by atoms with E-state index in [2.05, 4.69) is 5.32 Å². The Morgan fingerprint density at radius 1 is 1.21 bits per heavy atom. The molecule has 3 rings (SSSR count). The first-order valence-corrected chi connectivity index (χ1v) is 11.5. The van der Waals surface area contributed by atoms with Gasteiger partial charge in [0.2, 0.25) is 21.8 Å². The Morgan fingerprint density at radius 2 is 1.93 bits per heavy atom. The van der Waals surface area contributed by atoms with Gasteiger partial charge in [-0.15, -0.1) is 0 Å². The van der Waals surface area contributed by atoms with Gasteiger partial charge in [0, 0.05) is 52.4 Å². The molecule has 1 fully saturated rings. The van der Waals surface area contributed by atoms with E-state index in [4.69, 9.17) is 4.74 Å². The second-order valence-corrected chi connectivity index (χ2v) is 9.44. The minimum Gasteiger partial charge on any atom is -0.385 e. The summed E-state index contributed by atoms with van der Waals surface area (Å²) in [6.07, 6.45) is 3.76. The number of piperidine rings is 1. The number of sulfonamides is 1. The fourth-order valence-corrected chi connectivity index (χ4v) is 5.56. The summed E-state index contributed by atoms with van der Waals surface area (Å²) in [7, 11) is -1.96. The summed E-state index contributed by atoms with van der Waals surface area (Å²) in [5.74, 6) is -0.486. The number of anilines is 1. The highest BCUT2D eigenvalue weighted by atomic mass is 32.2. The number of rotatable bonds is 7. The molecule has 9 heteroatoms. The van der Waals surface area contributed by atoms with Crippen molar-refractivity contribution in [3.63, 3.8) is 0 Å². The van der Waals surface area contributed by atoms with Crippen LogP contribution in [0.25, 0.3) is 0 Å². The zero-order chi connectivity index (χ0) is 21.0. The number of ether oxygens (including phenoxy) is 1. The molecule has 0 saturated carbocycles. The molecule has 0 radical (unpaired) electrons. The number of carbonyl (C=O) groups is 2. The van der Waals surface area contributed by atoms with Crippen molar-refractivity contribution in [1.82, 2.24) is 9.62 Å². The Kier molecular flexibility index (Phi) is 6.92. The summed E-state index contributed by atoms with van der Waals surface area (Å²) < 4.78 is 32.5. The normalized spacial score (nSPS) is 19.8. The quantitative estimate of drug-likeness (QED) is 0.667. The molecule has 1 aromatic carbocycles. The Balaban J connectivity index is 1.81. The molecule has 0 bridgehead atoms. The van der Waals surface area contributed by atoms with Gasteiger partial charge in [0.05, 0.1) is 4.90 Å². The summed E-state index contributed by atoms with van der Waals surface area (Å²) in [6, 6.07) is 4.13. The lowest BCUT2D eigenvalue weighted by Crippen LogP contribution is -2.47. The van der Waals surface area contributed by atoms with E-state index in [9.17, 15) is 18.0 Å². The number of nitrogens with one attached hydrogen (secondary N) is 1. The third-order valence-electron chi connectivity index (χ3n) is 5.45. The van der Waals surface area contributed by atoms with E-state index in [0.717, 1.165) is 19.3 Å².